The summed E-state index contributed by atoms with van der Waals surface area (Å²) in [5, 5.41) is 0. The summed E-state index contributed by atoms with van der Waals surface area (Å²) in [4.78, 5) is 0. The van der Waals surface area contributed by atoms with Crippen molar-refractivity contribution < 1.29 is 14.2 Å². The molecule has 0 saturated heterocycles. The number of unbranched alkanes of at least 4 members (excludes halogenated alkanes) is 1. The van der Waals surface area contributed by atoms with E-state index in [0.29, 0.717) is 20.0 Å². The number of hydrogen-bond donors (Lipinski definition) is 0. The number of para-hydroxylation sites is 1. The molecule has 1 aliphatic rings. The Morgan fingerprint density at radius 2 is 1.96 bits per heavy atom. The quantitative estimate of drug-likeness (QED) is 0.449. The third-order valence-electron chi connectivity index (χ3n) is 4.34. The predicted octanol–water partition coefficient (Wildman–Crippen LogP) is 5.46. The van der Waals surface area contributed by atoms with Crippen LogP contribution < -0.4 is 9.47 Å². The maximum Gasteiger partial charge on any atom is 0.231 e. The molecule has 3 heteroatoms. The first kappa shape index (κ1) is 17.6. The summed E-state index contributed by atoms with van der Waals surface area (Å²) >= 11 is 0. The molecule has 1 aliphatic heterocycles. The van der Waals surface area contributed by atoms with Crippen molar-refractivity contribution >= 4 is 0 Å². The van der Waals surface area contributed by atoms with Crippen LogP contribution >= 0.6 is 0 Å². The average molecular weight is 338 g/mol. The van der Waals surface area contributed by atoms with Crippen molar-refractivity contribution in [2.24, 2.45) is 0 Å². The van der Waals surface area contributed by atoms with Gasteiger partial charge in [0.15, 0.2) is 11.5 Å². The highest BCUT2D eigenvalue weighted by molar-refractivity contribution is 5.50. The zero-order valence-corrected chi connectivity index (χ0v) is 14.8. The smallest absolute Gasteiger partial charge is 0.231 e. The summed E-state index contributed by atoms with van der Waals surface area (Å²) in [7, 11) is 0. The van der Waals surface area contributed by atoms with E-state index < -0.39 is 0 Å². The first-order valence-corrected chi connectivity index (χ1v) is 9.05. The van der Waals surface area contributed by atoms with Crippen molar-refractivity contribution in [3.05, 3.63) is 71.8 Å². The minimum absolute atomic E-state index is 0.277. The van der Waals surface area contributed by atoms with Gasteiger partial charge in [0, 0.05) is 18.1 Å². The topological polar surface area (TPSA) is 27.7 Å². The molecule has 1 atom stereocenters. The first-order chi connectivity index (χ1) is 12.4. The van der Waals surface area contributed by atoms with E-state index in [1.54, 1.807) is 0 Å². The lowest BCUT2D eigenvalue weighted by atomic mass is 9.94. The Hall–Kier alpha value is -2.26. The number of ether oxygens (including phenoxy) is 3. The minimum atomic E-state index is 0.277. The van der Waals surface area contributed by atoms with Crippen molar-refractivity contribution in [3.8, 4) is 11.5 Å². The third-order valence-corrected chi connectivity index (χ3v) is 4.34. The Morgan fingerprint density at radius 1 is 1.08 bits per heavy atom. The molecule has 0 aromatic heterocycles. The molecule has 0 fully saturated rings. The van der Waals surface area contributed by atoms with Crippen molar-refractivity contribution in [2.75, 3.05) is 13.4 Å². The molecule has 0 unspecified atom stereocenters. The SMILES string of the molecule is CCC/C=C/[C@@H](CCOCc1ccccc1)c1cccc2c1OCO2. The van der Waals surface area contributed by atoms with Crippen LogP contribution in [0.5, 0.6) is 11.5 Å². The summed E-state index contributed by atoms with van der Waals surface area (Å²) in [6.07, 6.45) is 7.71. The van der Waals surface area contributed by atoms with Gasteiger partial charge in [-0.05, 0) is 24.5 Å². The fourth-order valence-electron chi connectivity index (χ4n) is 3.00. The zero-order valence-electron chi connectivity index (χ0n) is 14.8. The molecule has 0 saturated carbocycles. The first-order valence-electron chi connectivity index (χ1n) is 9.05. The minimum Gasteiger partial charge on any atom is -0.454 e. The molecule has 0 amide bonds. The van der Waals surface area contributed by atoms with E-state index >= 15 is 0 Å². The van der Waals surface area contributed by atoms with Crippen LogP contribution in [0.1, 0.15) is 43.2 Å². The van der Waals surface area contributed by atoms with Gasteiger partial charge in [-0.1, -0.05) is 68.0 Å². The van der Waals surface area contributed by atoms with E-state index in [1.807, 2.05) is 30.3 Å². The molecule has 1 heterocycles. The number of hydrogen-bond acceptors (Lipinski definition) is 3. The lowest BCUT2D eigenvalue weighted by Gasteiger charge is -2.16. The lowest BCUT2D eigenvalue weighted by Crippen LogP contribution is -2.04. The Kier molecular flexibility index (Phi) is 6.52. The summed E-state index contributed by atoms with van der Waals surface area (Å²) in [6, 6.07) is 16.4. The van der Waals surface area contributed by atoms with Crippen molar-refractivity contribution in [1.82, 2.24) is 0 Å². The van der Waals surface area contributed by atoms with Crippen LogP contribution in [0.15, 0.2) is 60.7 Å². The largest absolute Gasteiger partial charge is 0.454 e. The van der Waals surface area contributed by atoms with Gasteiger partial charge in [-0.2, -0.15) is 0 Å². The molecule has 0 N–H and O–H groups in total. The number of fused-ring (bicyclic) bond motifs is 1. The van der Waals surface area contributed by atoms with E-state index in [-0.39, 0.29) is 5.92 Å². The standard InChI is InChI=1S/C22H26O3/c1-2-3-5-11-19(14-15-23-16-18-9-6-4-7-10-18)20-12-8-13-21-22(20)25-17-24-21/h4-13,19H,2-3,14-17H2,1H3/b11-5+/t19-/m0/s1. The zero-order chi connectivity index (χ0) is 17.3. The maximum atomic E-state index is 5.89. The van der Waals surface area contributed by atoms with E-state index in [0.717, 1.165) is 30.8 Å². The Balaban J connectivity index is 1.63. The third kappa shape index (κ3) is 4.86. The van der Waals surface area contributed by atoms with Crippen molar-refractivity contribution in [1.29, 1.82) is 0 Å². The monoisotopic (exact) mass is 338 g/mol. The molecule has 132 valence electrons. The van der Waals surface area contributed by atoms with Gasteiger partial charge in [0.1, 0.15) is 0 Å². The van der Waals surface area contributed by atoms with E-state index in [9.17, 15) is 0 Å². The molecule has 2 aromatic carbocycles. The molecule has 2 aromatic rings. The highest BCUT2D eigenvalue weighted by atomic mass is 16.7. The van der Waals surface area contributed by atoms with Crippen molar-refractivity contribution in [3.63, 3.8) is 0 Å². The van der Waals surface area contributed by atoms with Gasteiger partial charge in [-0.25, -0.2) is 0 Å². The van der Waals surface area contributed by atoms with Gasteiger partial charge in [0.05, 0.1) is 6.61 Å². The second-order valence-electron chi connectivity index (χ2n) is 6.23. The molecular weight excluding hydrogens is 312 g/mol. The van der Waals surface area contributed by atoms with Crippen LogP contribution in [0.3, 0.4) is 0 Å². The molecule has 0 radical (unpaired) electrons. The fourth-order valence-corrected chi connectivity index (χ4v) is 3.00. The van der Waals surface area contributed by atoms with Gasteiger partial charge in [0.25, 0.3) is 0 Å². The molecule has 0 aliphatic carbocycles. The summed E-state index contributed by atoms with van der Waals surface area (Å²) in [5.41, 5.74) is 2.39. The van der Waals surface area contributed by atoms with Crippen LogP contribution in [0, 0.1) is 0 Å². The lowest BCUT2D eigenvalue weighted by molar-refractivity contribution is 0.116. The Bertz CT molecular complexity index is 679. The van der Waals surface area contributed by atoms with Gasteiger partial charge >= 0.3 is 0 Å². The Labute approximate surface area is 150 Å². The van der Waals surface area contributed by atoms with E-state index in [2.05, 4.69) is 37.3 Å². The van der Waals surface area contributed by atoms with Crippen LogP contribution in [0.2, 0.25) is 0 Å². The molecule has 3 nitrogen and oxygen atoms in total. The highest BCUT2D eigenvalue weighted by Crippen LogP contribution is 2.40. The van der Waals surface area contributed by atoms with Gasteiger partial charge in [-0.15, -0.1) is 0 Å². The molecule has 0 spiro atoms. The van der Waals surface area contributed by atoms with Crippen LogP contribution in [-0.2, 0) is 11.3 Å². The molecule has 25 heavy (non-hydrogen) atoms. The summed E-state index contributed by atoms with van der Waals surface area (Å²) < 4.78 is 17.1. The average Bonchev–Trinajstić information content (AvgIpc) is 3.13. The van der Waals surface area contributed by atoms with Crippen LogP contribution in [0.4, 0.5) is 0 Å². The molecular formula is C22H26O3. The van der Waals surface area contributed by atoms with Crippen molar-refractivity contribution in [2.45, 2.75) is 38.7 Å². The van der Waals surface area contributed by atoms with Gasteiger partial charge < -0.3 is 14.2 Å². The van der Waals surface area contributed by atoms with E-state index in [4.69, 9.17) is 14.2 Å². The maximum absolute atomic E-state index is 5.89. The molecule has 3 rings (SSSR count). The van der Waals surface area contributed by atoms with Gasteiger partial charge in [0.2, 0.25) is 6.79 Å². The second-order valence-corrected chi connectivity index (χ2v) is 6.23. The van der Waals surface area contributed by atoms with Gasteiger partial charge in [-0.3, -0.25) is 0 Å². The highest BCUT2D eigenvalue weighted by Gasteiger charge is 2.21. The second kappa shape index (κ2) is 9.28. The van der Waals surface area contributed by atoms with Crippen LogP contribution in [-0.4, -0.2) is 13.4 Å². The Morgan fingerprint density at radius 3 is 2.80 bits per heavy atom. The fraction of sp³-hybridized carbons (Fsp3) is 0.364. The number of benzene rings is 2. The van der Waals surface area contributed by atoms with Crippen LogP contribution in [0.25, 0.3) is 0 Å². The summed E-state index contributed by atoms with van der Waals surface area (Å²) in [6.45, 7) is 3.86. The predicted molar refractivity (Wildman–Crippen MR) is 100 cm³/mol. The molecule has 0 bridgehead atoms. The van der Waals surface area contributed by atoms with E-state index in [1.165, 1.54) is 11.1 Å². The number of rotatable bonds is 9. The number of allylic oxidation sites excluding steroid dienone is 2. The normalized spacial score (nSPS) is 14.1. The summed E-state index contributed by atoms with van der Waals surface area (Å²) in [5.74, 6) is 2.01.